The van der Waals surface area contributed by atoms with E-state index in [0.717, 1.165) is 56.6 Å². The van der Waals surface area contributed by atoms with Crippen molar-refractivity contribution in [1.82, 2.24) is 9.80 Å². The van der Waals surface area contributed by atoms with Crippen LogP contribution < -0.4 is 5.32 Å². The number of rotatable bonds is 2. The van der Waals surface area contributed by atoms with Gasteiger partial charge in [-0.3, -0.25) is 4.79 Å². The van der Waals surface area contributed by atoms with Crippen LogP contribution in [0.25, 0.3) is 0 Å². The lowest BCUT2D eigenvalue weighted by atomic mass is 9.78. The number of urea groups is 1. The molecule has 3 amide bonds. The highest BCUT2D eigenvalue weighted by molar-refractivity contribution is 5.96. The first kappa shape index (κ1) is 17.4. The number of piperidine rings is 1. The summed E-state index contributed by atoms with van der Waals surface area (Å²) in [5, 5.41) is 2.94. The number of carbonyl (C=O) groups is 2. The number of fused-ring (bicyclic) bond motifs is 1. The number of nitrogens with one attached hydrogen (secondary N) is 1. The average Bonchev–Trinajstić information content (AvgIpc) is 3.23. The largest absolute Gasteiger partial charge is 0.335 e. The van der Waals surface area contributed by atoms with Crippen LogP contribution in [0.5, 0.6) is 0 Å². The van der Waals surface area contributed by atoms with Gasteiger partial charge in [-0.25, -0.2) is 4.79 Å². The van der Waals surface area contributed by atoms with E-state index in [1.165, 1.54) is 25.7 Å². The Labute approximate surface area is 155 Å². The van der Waals surface area contributed by atoms with Gasteiger partial charge in [-0.1, -0.05) is 12.8 Å². The van der Waals surface area contributed by atoms with E-state index in [-0.39, 0.29) is 11.9 Å². The van der Waals surface area contributed by atoms with Gasteiger partial charge in [0.2, 0.25) is 0 Å². The van der Waals surface area contributed by atoms with E-state index >= 15 is 0 Å². The van der Waals surface area contributed by atoms with Crippen LogP contribution in [0.2, 0.25) is 0 Å². The lowest BCUT2D eigenvalue weighted by Gasteiger charge is -2.44. The van der Waals surface area contributed by atoms with Gasteiger partial charge >= 0.3 is 6.03 Å². The molecule has 1 saturated carbocycles. The number of nitrogens with zero attached hydrogens (tertiary/aromatic N) is 2. The fourth-order valence-corrected chi connectivity index (χ4v) is 4.86. The maximum absolute atomic E-state index is 13.0. The molecule has 140 valence electrons. The van der Waals surface area contributed by atoms with Gasteiger partial charge in [-0.15, -0.1) is 0 Å². The summed E-state index contributed by atoms with van der Waals surface area (Å²) in [6.07, 6.45) is 9.54. The molecule has 0 spiro atoms. The lowest BCUT2D eigenvalue weighted by molar-refractivity contribution is 0.0390. The Morgan fingerprint density at radius 3 is 2.31 bits per heavy atom. The van der Waals surface area contributed by atoms with Crippen LogP contribution in [0.15, 0.2) is 24.3 Å². The van der Waals surface area contributed by atoms with Crippen LogP contribution in [0.4, 0.5) is 10.5 Å². The van der Waals surface area contributed by atoms with Gasteiger partial charge in [0.15, 0.2) is 0 Å². The first-order chi connectivity index (χ1) is 12.7. The number of benzene rings is 1. The van der Waals surface area contributed by atoms with Crippen LogP contribution in [0, 0.1) is 5.92 Å². The molecule has 3 aliphatic rings. The molecule has 0 aromatic heterocycles. The second-order valence-electron chi connectivity index (χ2n) is 7.95. The van der Waals surface area contributed by atoms with E-state index in [1.807, 2.05) is 29.2 Å². The Balaban J connectivity index is 1.41. The van der Waals surface area contributed by atoms with Crippen molar-refractivity contribution in [3.05, 3.63) is 29.8 Å². The van der Waals surface area contributed by atoms with E-state index < -0.39 is 0 Å². The van der Waals surface area contributed by atoms with Gasteiger partial charge in [0.25, 0.3) is 5.91 Å². The molecule has 0 bridgehead atoms. The number of anilines is 1. The molecule has 5 nitrogen and oxygen atoms in total. The van der Waals surface area contributed by atoms with Crippen LogP contribution in [0.1, 0.15) is 61.7 Å². The van der Waals surface area contributed by atoms with Gasteiger partial charge in [0.1, 0.15) is 0 Å². The highest BCUT2D eigenvalue weighted by Crippen LogP contribution is 2.36. The van der Waals surface area contributed by atoms with Crippen molar-refractivity contribution in [2.75, 3.05) is 25.0 Å². The highest BCUT2D eigenvalue weighted by atomic mass is 16.2. The minimum Gasteiger partial charge on any atom is -0.335 e. The predicted octanol–water partition coefficient (Wildman–Crippen LogP) is 4.11. The zero-order valence-corrected chi connectivity index (χ0v) is 15.5. The van der Waals surface area contributed by atoms with Gasteiger partial charge < -0.3 is 15.1 Å². The molecule has 3 fully saturated rings. The van der Waals surface area contributed by atoms with E-state index in [9.17, 15) is 9.59 Å². The Bertz CT molecular complexity index is 650. The molecule has 1 aromatic rings. The molecule has 1 aliphatic carbocycles. The number of carbonyl (C=O) groups excluding carboxylic acids is 2. The number of hydrogen-bond donors (Lipinski definition) is 1. The molecular formula is C21H29N3O2. The number of likely N-dealkylation sites (tertiary alicyclic amines) is 2. The molecule has 26 heavy (non-hydrogen) atoms. The summed E-state index contributed by atoms with van der Waals surface area (Å²) >= 11 is 0. The Morgan fingerprint density at radius 1 is 0.846 bits per heavy atom. The first-order valence-corrected chi connectivity index (χ1v) is 10.2. The normalized spacial score (nSPS) is 25.7. The summed E-state index contributed by atoms with van der Waals surface area (Å²) in [7, 11) is 0. The summed E-state index contributed by atoms with van der Waals surface area (Å²) < 4.78 is 0. The second-order valence-corrected chi connectivity index (χ2v) is 7.95. The number of amides is 3. The zero-order chi connectivity index (χ0) is 17.9. The van der Waals surface area contributed by atoms with Crippen LogP contribution in [-0.2, 0) is 0 Å². The van der Waals surface area contributed by atoms with Crippen molar-refractivity contribution in [3.8, 4) is 0 Å². The molecule has 1 unspecified atom stereocenters. The summed E-state index contributed by atoms with van der Waals surface area (Å²) in [5.74, 6) is 0.847. The van der Waals surface area contributed by atoms with Gasteiger partial charge in [0.05, 0.1) is 0 Å². The van der Waals surface area contributed by atoms with Gasteiger partial charge in [-0.05, 0) is 68.7 Å². The minimum atomic E-state index is -0.0392. The molecule has 1 N–H and O–H groups in total. The highest BCUT2D eigenvalue weighted by Gasteiger charge is 2.35. The van der Waals surface area contributed by atoms with Crippen molar-refractivity contribution in [3.63, 3.8) is 0 Å². The molecule has 2 aliphatic heterocycles. The Kier molecular flexibility index (Phi) is 5.14. The molecule has 2 saturated heterocycles. The third-order valence-electron chi connectivity index (χ3n) is 6.28. The van der Waals surface area contributed by atoms with E-state index in [2.05, 4.69) is 10.2 Å². The van der Waals surface area contributed by atoms with Crippen LogP contribution >= 0.6 is 0 Å². The van der Waals surface area contributed by atoms with Crippen molar-refractivity contribution >= 4 is 17.6 Å². The molecule has 2 heterocycles. The summed E-state index contributed by atoms with van der Waals surface area (Å²) in [6.45, 7) is 2.55. The van der Waals surface area contributed by atoms with Crippen molar-refractivity contribution in [2.24, 2.45) is 5.92 Å². The molecule has 4 rings (SSSR count). The van der Waals surface area contributed by atoms with E-state index in [4.69, 9.17) is 0 Å². The Morgan fingerprint density at radius 2 is 1.54 bits per heavy atom. The fourth-order valence-electron chi connectivity index (χ4n) is 4.86. The van der Waals surface area contributed by atoms with E-state index in [0.29, 0.717) is 12.0 Å². The van der Waals surface area contributed by atoms with Gasteiger partial charge in [-0.2, -0.15) is 0 Å². The molecule has 0 radical (unpaired) electrons. The van der Waals surface area contributed by atoms with E-state index in [1.54, 1.807) is 0 Å². The monoisotopic (exact) mass is 355 g/mol. The lowest BCUT2D eigenvalue weighted by Crippen LogP contribution is -2.49. The molecule has 1 aromatic carbocycles. The third kappa shape index (κ3) is 3.57. The topological polar surface area (TPSA) is 52.7 Å². The fraction of sp³-hybridized carbons (Fsp3) is 0.619. The third-order valence-corrected chi connectivity index (χ3v) is 6.28. The SMILES string of the molecule is O=C(Nc1ccc(C(=O)N2CCCC3CCCC[C@@H]32)cc1)N1CCCC1. The second kappa shape index (κ2) is 7.68. The molecule has 5 heteroatoms. The summed E-state index contributed by atoms with van der Waals surface area (Å²) in [4.78, 5) is 29.2. The van der Waals surface area contributed by atoms with Crippen molar-refractivity contribution in [2.45, 2.75) is 57.4 Å². The average molecular weight is 355 g/mol. The number of hydrogen-bond acceptors (Lipinski definition) is 2. The van der Waals surface area contributed by atoms with Crippen LogP contribution in [-0.4, -0.2) is 47.4 Å². The summed E-state index contributed by atoms with van der Waals surface area (Å²) in [6, 6.07) is 7.80. The molecule has 2 atom stereocenters. The quantitative estimate of drug-likeness (QED) is 0.868. The smallest absolute Gasteiger partial charge is 0.321 e. The zero-order valence-electron chi connectivity index (χ0n) is 15.5. The van der Waals surface area contributed by atoms with Gasteiger partial charge in [0, 0.05) is 36.9 Å². The summed E-state index contributed by atoms with van der Waals surface area (Å²) in [5.41, 5.74) is 1.49. The first-order valence-electron chi connectivity index (χ1n) is 10.2. The van der Waals surface area contributed by atoms with Crippen molar-refractivity contribution in [1.29, 1.82) is 0 Å². The predicted molar refractivity (Wildman–Crippen MR) is 102 cm³/mol. The maximum Gasteiger partial charge on any atom is 0.321 e. The van der Waals surface area contributed by atoms with Crippen LogP contribution in [0.3, 0.4) is 0 Å². The minimum absolute atomic E-state index is 0.0392. The Hall–Kier alpha value is -2.04. The molecular weight excluding hydrogens is 326 g/mol. The van der Waals surface area contributed by atoms with Crippen molar-refractivity contribution < 1.29 is 9.59 Å². The standard InChI is InChI=1S/C21H29N3O2/c25-20(24-15-5-7-16-6-1-2-8-19(16)24)17-9-11-18(12-10-17)22-21(26)23-13-3-4-14-23/h9-12,16,19H,1-8,13-15H2,(H,22,26)/t16?,19-/m0/s1. The maximum atomic E-state index is 13.0.